The van der Waals surface area contributed by atoms with Crippen LogP contribution in [0.3, 0.4) is 0 Å². The summed E-state index contributed by atoms with van der Waals surface area (Å²) in [6.45, 7) is 2.10. The summed E-state index contributed by atoms with van der Waals surface area (Å²) in [6, 6.07) is 1.33. The topological polar surface area (TPSA) is 90.1 Å². The zero-order valence-electron chi connectivity index (χ0n) is 8.71. The predicted molar refractivity (Wildman–Crippen MR) is 60.5 cm³/mol. The summed E-state index contributed by atoms with van der Waals surface area (Å²) in [5.41, 5.74) is 0.577. The van der Waals surface area contributed by atoms with Crippen LogP contribution in [0.5, 0.6) is 0 Å². The van der Waals surface area contributed by atoms with Gasteiger partial charge in [-0.1, -0.05) is 0 Å². The molecule has 8 heteroatoms. The molecular weight excluding hydrogens is 232 g/mol. The van der Waals surface area contributed by atoms with Crippen molar-refractivity contribution in [3.63, 3.8) is 0 Å². The molecule has 7 nitrogen and oxygen atoms in total. The number of aromatic nitrogens is 2. The Morgan fingerprint density at radius 3 is 2.94 bits per heavy atom. The first kappa shape index (κ1) is 12.5. The van der Waals surface area contributed by atoms with Gasteiger partial charge in [0.15, 0.2) is 0 Å². The number of thiol groups is 1. The van der Waals surface area contributed by atoms with Crippen LogP contribution in [0.4, 0.5) is 5.82 Å². The lowest BCUT2D eigenvalue weighted by Crippen LogP contribution is -2.29. The molecule has 1 heterocycles. The van der Waals surface area contributed by atoms with Gasteiger partial charge in [-0.05, 0) is 11.8 Å². The molecule has 1 aromatic rings. The molecule has 1 aromatic heterocycles. The fourth-order valence-corrected chi connectivity index (χ4v) is 1.24. The van der Waals surface area contributed by atoms with Crippen molar-refractivity contribution >= 4 is 24.4 Å². The molecule has 0 saturated heterocycles. The molecule has 0 spiro atoms. The fourth-order valence-electron chi connectivity index (χ4n) is 1.13. The highest BCUT2D eigenvalue weighted by molar-refractivity contribution is 7.80. The van der Waals surface area contributed by atoms with E-state index in [0.717, 1.165) is 0 Å². The number of amides is 1. The minimum atomic E-state index is -0.588. The van der Waals surface area contributed by atoms with Crippen molar-refractivity contribution in [3.8, 4) is 0 Å². The van der Waals surface area contributed by atoms with Crippen molar-refractivity contribution in [2.24, 2.45) is 0 Å². The first-order valence-corrected chi connectivity index (χ1v) is 5.24. The average molecular weight is 244 g/mol. The van der Waals surface area contributed by atoms with Gasteiger partial charge in [0, 0.05) is 12.3 Å². The van der Waals surface area contributed by atoms with E-state index in [2.05, 4.69) is 23.0 Å². The Balaban J connectivity index is 2.66. The molecule has 0 aromatic carbocycles. The van der Waals surface area contributed by atoms with Crippen molar-refractivity contribution in [1.29, 1.82) is 0 Å². The normalized spacial score (nSPS) is 10.1. The van der Waals surface area contributed by atoms with Crippen LogP contribution in [0, 0.1) is 17.0 Å². The van der Waals surface area contributed by atoms with Crippen LogP contribution in [0.2, 0.25) is 0 Å². The minimum Gasteiger partial charge on any atom is -0.358 e. The number of hydrogen-bond acceptors (Lipinski definition) is 5. The lowest BCUT2D eigenvalue weighted by atomic mass is 10.4. The first-order chi connectivity index (χ1) is 7.54. The van der Waals surface area contributed by atoms with Crippen molar-refractivity contribution in [3.05, 3.63) is 21.9 Å². The van der Waals surface area contributed by atoms with E-state index in [4.69, 9.17) is 0 Å². The molecule has 1 amide bonds. The van der Waals surface area contributed by atoms with Crippen LogP contribution in [-0.4, -0.2) is 32.9 Å². The van der Waals surface area contributed by atoms with Gasteiger partial charge in [-0.3, -0.25) is 4.79 Å². The van der Waals surface area contributed by atoms with E-state index in [1.54, 1.807) is 6.92 Å². The minimum absolute atomic E-state index is 0.0204. The van der Waals surface area contributed by atoms with E-state index in [9.17, 15) is 14.9 Å². The van der Waals surface area contributed by atoms with E-state index >= 15 is 0 Å². The summed E-state index contributed by atoms with van der Waals surface area (Å²) in [6.07, 6.45) is 0. The maximum Gasteiger partial charge on any atom is 0.390 e. The standard InChI is InChI=1S/C8H12N4O3S/c1-6-4-7(12(14)15)10-11(6)5-8(13)9-2-3-16/h4,16H,2-3,5H2,1H3,(H,9,13). The first-order valence-electron chi connectivity index (χ1n) is 4.61. The van der Waals surface area contributed by atoms with Crippen LogP contribution in [0.25, 0.3) is 0 Å². The van der Waals surface area contributed by atoms with Gasteiger partial charge in [-0.25, -0.2) is 0 Å². The molecule has 1 N–H and O–H groups in total. The lowest BCUT2D eigenvalue weighted by Gasteiger charge is -2.01. The van der Waals surface area contributed by atoms with Gasteiger partial charge >= 0.3 is 5.82 Å². The highest BCUT2D eigenvalue weighted by Gasteiger charge is 2.16. The number of nitro groups is 1. The molecule has 0 fully saturated rings. The molecule has 0 aliphatic heterocycles. The Hall–Kier alpha value is -1.57. The largest absolute Gasteiger partial charge is 0.390 e. The Labute approximate surface area is 97.4 Å². The number of aryl methyl sites for hydroxylation is 1. The smallest absolute Gasteiger partial charge is 0.358 e. The second kappa shape index (κ2) is 5.50. The average Bonchev–Trinajstić information content (AvgIpc) is 2.57. The number of carbonyl (C=O) groups excluding carboxylic acids is 1. The highest BCUT2D eigenvalue weighted by Crippen LogP contribution is 2.10. The van der Waals surface area contributed by atoms with Gasteiger partial charge in [0.2, 0.25) is 5.91 Å². The second-order valence-corrected chi connectivity index (χ2v) is 3.58. The van der Waals surface area contributed by atoms with Gasteiger partial charge in [-0.2, -0.15) is 17.3 Å². The molecular formula is C8H12N4O3S. The van der Waals surface area contributed by atoms with E-state index in [0.29, 0.717) is 18.0 Å². The van der Waals surface area contributed by atoms with E-state index in [1.807, 2.05) is 0 Å². The summed E-state index contributed by atoms with van der Waals surface area (Å²) >= 11 is 3.95. The van der Waals surface area contributed by atoms with Gasteiger partial charge in [0.1, 0.15) is 6.54 Å². The number of hydrogen-bond donors (Lipinski definition) is 2. The summed E-state index contributed by atoms with van der Waals surface area (Å²) < 4.78 is 1.30. The van der Waals surface area contributed by atoms with Crippen molar-refractivity contribution in [2.45, 2.75) is 13.5 Å². The summed E-state index contributed by atoms with van der Waals surface area (Å²) in [4.78, 5) is 21.2. The van der Waals surface area contributed by atoms with Crippen LogP contribution in [0.1, 0.15) is 5.69 Å². The molecule has 0 atom stereocenters. The van der Waals surface area contributed by atoms with Gasteiger partial charge in [0.25, 0.3) is 0 Å². The monoisotopic (exact) mass is 244 g/mol. The number of carbonyl (C=O) groups is 1. The van der Waals surface area contributed by atoms with Gasteiger partial charge in [-0.15, -0.1) is 0 Å². The quantitative estimate of drug-likeness (QED) is 0.438. The summed E-state index contributed by atoms with van der Waals surface area (Å²) in [5.74, 6) is 0.0545. The number of nitrogens with zero attached hydrogens (tertiary/aromatic N) is 3. The molecule has 0 aliphatic carbocycles. The summed E-state index contributed by atoms with van der Waals surface area (Å²) in [5, 5.41) is 16.7. The number of rotatable bonds is 5. The highest BCUT2D eigenvalue weighted by atomic mass is 32.1. The van der Waals surface area contributed by atoms with Crippen LogP contribution < -0.4 is 5.32 Å². The Kier molecular flexibility index (Phi) is 4.29. The van der Waals surface area contributed by atoms with Crippen molar-refractivity contribution < 1.29 is 9.72 Å². The molecule has 0 aliphatic rings. The van der Waals surface area contributed by atoms with Crippen molar-refractivity contribution in [2.75, 3.05) is 12.3 Å². The van der Waals surface area contributed by atoms with Crippen LogP contribution in [-0.2, 0) is 11.3 Å². The molecule has 0 radical (unpaired) electrons. The molecule has 0 saturated carbocycles. The predicted octanol–water partition coefficient (Wildman–Crippen LogP) is 0.146. The maximum absolute atomic E-state index is 11.3. The molecule has 0 bridgehead atoms. The lowest BCUT2D eigenvalue weighted by molar-refractivity contribution is -0.389. The molecule has 1 rings (SSSR count). The third kappa shape index (κ3) is 3.23. The van der Waals surface area contributed by atoms with E-state index in [-0.39, 0.29) is 18.3 Å². The molecule has 88 valence electrons. The zero-order valence-corrected chi connectivity index (χ0v) is 9.61. The third-order valence-electron chi connectivity index (χ3n) is 1.88. The Morgan fingerprint density at radius 2 is 2.44 bits per heavy atom. The van der Waals surface area contributed by atoms with Crippen molar-refractivity contribution in [1.82, 2.24) is 15.1 Å². The van der Waals surface area contributed by atoms with E-state index < -0.39 is 4.92 Å². The van der Waals surface area contributed by atoms with Crippen LogP contribution in [0.15, 0.2) is 6.07 Å². The van der Waals surface area contributed by atoms with Gasteiger partial charge < -0.3 is 15.4 Å². The van der Waals surface area contributed by atoms with Crippen LogP contribution >= 0.6 is 12.6 Å². The SMILES string of the molecule is Cc1cc([N+](=O)[O-])nn1CC(=O)NCCS. The number of nitrogens with one attached hydrogen (secondary N) is 1. The fraction of sp³-hybridized carbons (Fsp3) is 0.500. The van der Waals surface area contributed by atoms with Gasteiger partial charge in [0.05, 0.1) is 16.9 Å². The Morgan fingerprint density at radius 1 is 1.75 bits per heavy atom. The second-order valence-electron chi connectivity index (χ2n) is 3.13. The third-order valence-corrected chi connectivity index (χ3v) is 2.11. The van der Waals surface area contributed by atoms with E-state index in [1.165, 1.54) is 10.7 Å². The maximum atomic E-state index is 11.3. The zero-order chi connectivity index (χ0) is 12.1. The molecule has 16 heavy (non-hydrogen) atoms. The Bertz CT molecular complexity index is 404. The molecule has 0 unspecified atom stereocenters. The summed E-state index contributed by atoms with van der Waals surface area (Å²) in [7, 11) is 0.